The standard InChI is InChI=1S/C14H20N2O4/c17-12-10-5-2-6-16(11(10)7-15-12)13(18)8-3-1-4-9(8)14(19)20/h8-11H,1-7H2,(H,15,17)(H,19,20)/t8-,9+,10?,11?/m1/s1. The maximum absolute atomic E-state index is 12.7. The summed E-state index contributed by atoms with van der Waals surface area (Å²) in [5, 5.41) is 12.0. The van der Waals surface area contributed by atoms with E-state index in [1.807, 2.05) is 0 Å². The molecule has 6 nitrogen and oxygen atoms in total. The second-order valence-corrected chi connectivity index (χ2v) is 6.07. The summed E-state index contributed by atoms with van der Waals surface area (Å²) in [7, 11) is 0. The molecule has 2 heterocycles. The lowest BCUT2D eigenvalue weighted by atomic mass is 9.88. The monoisotopic (exact) mass is 280 g/mol. The molecule has 0 aromatic heterocycles. The van der Waals surface area contributed by atoms with Gasteiger partial charge in [-0.15, -0.1) is 0 Å². The average molecular weight is 280 g/mol. The highest BCUT2D eigenvalue weighted by Gasteiger charge is 2.46. The van der Waals surface area contributed by atoms with Crippen LogP contribution in [0.3, 0.4) is 0 Å². The number of carbonyl (C=O) groups excluding carboxylic acids is 2. The fraction of sp³-hybridized carbons (Fsp3) is 0.786. The number of carbonyl (C=O) groups is 3. The van der Waals surface area contributed by atoms with Gasteiger partial charge in [-0.2, -0.15) is 0 Å². The average Bonchev–Trinajstić information content (AvgIpc) is 3.05. The summed E-state index contributed by atoms with van der Waals surface area (Å²) in [6, 6.07) is -0.0706. The van der Waals surface area contributed by atoms with Gasteiger partial charge in [0.25, 0.3) is 0 Å². The third kappa shape index (κ3) is 2.07. The van der Waals surface area contributed by atoms with Crippen molar-refractivity contribution in [3.8, 4) is 0 Å². The van der Waals surface area contributed by atoms with Crippen LogP contribution in [0, 0.1) is 17.8 Å². The van der Waals surface area contributed by atoms with Crippen LogP contribution in [0.4, 0.5) is 0 Å². The Hall–Kier alpha value is -1.59. The van der Waals surface area contributed by atoms with E-state index in [1.54, 1.807) is 4.90 Å². The molecule has 2 N–H and O–H groups in total. The first-order valence-corrected chi connectivity index (χ1v) is 7.40. The molecule has 1 saturated carbocycles. The number of fused-ring (bicyclic) bond motifs is 1. The Morgan fingerprint density at radius 1 is 1.15 bits per heavy atom. The van der Waals surface area contributed by atoms with Gasteiger partial charge in [-0.05, 0) is 25.7 Å². The Bertz CT molecular complexity index is 450. The van der Waals surface area contributed by atoms with Crippen molar-refractivity contribution < 1.29 is 19.5 Å². The minimum Gasteiger partial charge on any atom is -0.481 e. The number of carboxylic acids is 1. The summed E-state index contributed by atoms with van der Waals surface area (Å²) in [6.45, 7) is 1.16. The third-order valence-electron chi connectivity index (χ3n) is 5.03. The number of aliphatic carboxylic acids is 1. The lowest BCUT2D eigenvalue weighted by Gasteiger charge is -2.38. The summed E-state index contributed by atoms with van der Waals surface area (Å²) in [5.74, 6) is -1.93. The quantitative estimate of drug-likeness (QED) is 0.758. The Morgan fingerprint density at radius 2 is 1.90 bits per heavy atom. The molecule has 3 aliphatic rings. The lowest BCUT2D eigenvalue weighted by molar-refractivity contribution is -0.151. The van der Waals surface area contributed by atoms with Crippen LogP contribution in [0.2, 0.25) is 0 Å². The molecule has 0 aromatic rings. The topological polar surface area (TPSA) is 86.7 Å². The molecule has 3 fully saturated rings. The molecule has 0 bridgehead atoms. The molecule has 0 aromatic carbocycles. The van der Waals surface area contributed by atoms with Gasteiger partial charge < -0.3 is 15.3 Å². The number of rotatable bonds is 2. The summed E-state index contributed by atoms with van der Waals surface area (Å²) in [6.07, 6.45) is 3.69. The van der Waals surface area contributed by atoms with E-state index in [9.17, 15) is 19.5 Å². The Kier molecular flexibility index (Phi) is 3.40. The molecular formula is C14H20N2O4. The molecule has 0 spiro atoms. The zero-order chi connectivity index (χ0) is 14.3. The maximum Gasteiger partial charge on any atom is 0.307 e. The molecule has 0 radical (unpaired) electrons. The maximum atomic E-state index is 12.7. The van der Waals surface area contributed by atoms with Crippen molar-refractivity contribution in [3.05, 3.63) is 0 Å². The van der Waals surface area contributed by atoms with Crippen LogP contribution in [0.25, 0.3) is 0 Å². The van der Waals surface area contributed by atoms with Crippen molar-refractivity contribution in [2.75, 3.05) is 13.1 Å². The molecule has 6 heteroatoms. The van der Waals surface area contributed by atoms with Gasteiger partial charge in [0.2, 0.25) is 11.8 Å². The van der Waals surface area contributed by atoms with Crippen molar-refractivity contribution in [2.24, 2.45) is 17.8 Å². The predicted octanol–water partition coefficient (Wildman–Crippen LogP) is 0.224. The van der Waals surface area contributed by atoms with E-state index in [4.69, 9.17) is 0 Å². The van der Waals surface area contributed by atoms with Crippen LogP contribution in [-0.2, 0) is 14.4 Å². The van der Waals surface area contributed by atoms with E-state index in [-0.39, 0.29) is 23.8 Å². The molecule has 1 aliphatic carbocycles. The van der Waals surface area contributed by atoms with Crippen molar-refractivity contribution in [2.45, 2.75) is 38.1 Å². The van der Waals surface area contributed by atoms with Crippen LogP contribution in [0.5, 0.6) is 0 Å². The van der Waals surface area contributed by atoms with Gasteiger partial charge in [0.15, 0.2) is 0 Å². The third-order valence-corrected chi connectivity index (χ3v) is 5.03. The fourth-order valence-corrected chi connectivity index (χ4v) is 3.99. The number of piperidine rings is 1. The van der Waals surface area contributed by atoms with Gasteiger partial charge >= 0.3 is 5.97 Å². The first kappa shape index (κ1) is 13.4. The molecule has 2 aliphatic heterocycles. The molecule has 2 unspecified atom stereocenters. The van der Waals surface area contributed by atoms with E-state index in [1.165, 1.54) is 0 Å². The second-order valence-electron chi connectivity index (χ2n) is 6.07. The molecule has 4 atom stereocenters. The van der Waals surface area contributed by atoms with E-state index >= 15 is 0 Å². The second kappa shape index (κ2) is 5.07. The van der Waals surface area contributed by atoms with Crippen LogP contribution in [-0.4, -0.2) is 46.9 Å². The van der Waals surface area contributed by atoms with Crippen molar-refractivity contribution in [1.29, 1.82) is 0 Å². The molecule has 2 amide bonds. The van der Waals surface area contributed by atoms with Crippen LogP contribution < -0.4 is 5.32 Å². The first-order valence-electron chi connectivity index (χ1n) is 7.40. The van der Waals surface area contributed by atoms with Crippen molar-refractivity contribution in [3.63, 3.8) is 0 Å². The molecule has 2 saturated heterocycles. The zero-order valence-electron chi connectivity index (χ0n) is 11.4. The Labute approximate surface area is 117 Å². The van der Waals surface area contributed by atoms with Gasteiger partial charge in [0.1, 0.15) is 0 Å². The van der Waals surface area contributed by atoms with Crippen LogP contribution >= 0.6 is 0 Å². The van der Waals surface area contributed by atoms with Gasteiger partial charge in [-0.25, -0.2) is 0 Å². The van der Waals surface area contributed by atoms with Gasteiger partial charge in [0, 0.05) is 13.1 Å². The minimum absolute atomic E-state index is 0.0358. The predicted molar refractivity (Wildman–Crippen MR) is 69.7 cm³/mol. The summed E-state index contributed by atoms with van der Waals surface area (Å²) in [5.41, 5.74) is 0. The number of nitrogens with zero attached hydrogens (tertiary/aromatic N) is 1. The Balaban J connectivity index is 1.76. The summed E-state index contributed by atoms with van der Waals surface area (Å²) >= 11 is 0. The summed E-state index contributed by atoms with van der Waals surface area (Å²) in [4.78, 5) is 37.4. The number of amides is 2. The van der Waals surface area contributed by atoms with Crippen LogP contribution in [0.15, 0.2) is 0 Å². The van der Waals surface area contributed by atoms with Gasteiger partial charge in [0.05, 0.1) is 23.8 Å². The molecular weight excluding hydrogens is 260 g/mol. The SMILES string of the molecule is O=C1NCC2C1CCCN2C(=O)[C@@H]1CCC[C@@H]1C(=O)O. The number of hydrogen-bond acceptors (Lipinski definition) is 3. The van der Waals surface area contributed by atoms with Gasteiger partial charge in [-0.3, -0.25) is 14.4 Å². The smallest absolute Gasteiger partial charge is 0.307 e. The highest BCUT2D eigenvalue weighted by molar-refractivity contribution is 5.88. The van der Waals surface area contributed by atoms with Gasteiger partial charge in [-0.1, -0.05) is 6.42 Å². The fourth-order valence-electron chi connectivity index (χ4n) is 3.99. The molecule has 20 heavy (non-hydrogen) atoms. The van der Waals surface area contributed by atoms with Crippen molar-refractivity contribution >= 4 is 17.8 Å². The highest BCUT2D eigenvalue weighted by Crippen LogP contribution is 2.36. The van der Waals surface area contributed by atoms with E-state index < -0.39 is 17.8 Å². The number of carboxylic acid groups (broad SMARTS) is 1. The first-order chi connectivity index (χ1) is 9.59. The zero-order valence-corrected chi connectivity index (χ0v) is 11.4. The highest BCUT2D eigenvalue weighted by atomic mass is 16.4. The van der Waals surface area contributed by atoms with Crippen LogP contribution in [0.1, 0.15) is 32.1 Å². The number of hydrogen-bond donors (Lipinski definition) is 2. The molecule has 110 valence electrons. The summed E-state index contributed by atoms with van der Waals surface area (Å²) < 4.78 is 0. The van der Waals surface area contributed by atoms with E-state index in [0.717, 1.165) is 19.3 Å². The van der Waals surface area contributed by atoms with E-state index in [2.05, 4.69) is 5.32 Å². The van der Waals surface area contributed by atoms with Crippen molar-refractivity contribution in [1.82, 2.24) is 10.2 Å². The minimum atomic E-state index is -0.866. The normalized spacial score (nSPS) is 36.6. The lowest BCUT2D eigenvalue weighted by Crippen LogP contribution is -2.51. The van der Waals surface area contributed by atoms with E-state index in [0.29, 0.717) is 25.9 Å². The molecule has 3 rings (SSSR count). The Morgan fingerprint density at radius 3 is 2.65 bits per heavy atom. The number of likely N-dealkylation sites (tertiary alicyclic amines) is 1. The largest absolute Gasteiger partial charge is 0.481 e. The number of nitrogens with one attached hydrogen (secondary N) is 1.